The molecule has 0 aliphatic rings. The maximum Gasteiger partial charge on any atom is 0.0787 e. The summed E-state index contributed by atoms with van der Waals surface area (Å²) in [5, 5.41) is 13.5. The summed E-state index contributed by atoms with van der Waals surface area (Å²) in [6.07, 6.45) is 3.99. The monoisotopic (exact) mass is 280 g/mol. The van der Waals surface area contributed by atoms with Gasteiger partial charge in [0.25, 0.3) is 0 Å². The first-order chi connectivity index (χ1) is 7.66. The summed E-state index contributed by atoms with van der Waals surface area (Å²) in [5.74, 6) is 0. The Hall–Kier alpha value is -1.13. The summed E-state index contributed by atoms with van der Waals surface area (Å²) in [6.45, 7) is 1.79. The lowest BCUT2D eigenvalue weighted by molar-refractivity contribution is 0.195. The predicted molar refractivity (Wildman–Crippen MR) is 66.6 cm³/mol. The van der Waals surface area contributed by atoms with Crippen molar-refractivity contribution in [1.82, 2.24) is 9.78 Å². The highest BCUT2D eigenvalue weighted by Gasteiger charge is 2.05. The third-order valence-corrected chi connectivity index (χ3v) is 2.93. The standard InChI is InChI=1S/C12H13BrN2O/c1-9(16)7-10-3-4-12(11(13)8-10)15-6-2-5-14-15/h2-6,8-9,16H,7H2,1H3. The van der Waals surface area contributed by atoms with Crippen molar-refractivity contribution in [1.29, 1.82) is 0 Å². The van der Waals surface area contributed by atoms with E-state index < -0.39 is 0 Å². The molecule has 0 spiro atoms. The Morgan fingerprint density at radius 1 is 1.50 bits per heavy atom. The maximum atomic E-state index is 9.32. The first-order valence-corrected chi connectivity index (χ1v) is 5.92. The van der Waals surface area contributed by atoms with Gasteiger partial charge in [-0.15, -0.1) is 0 Å². The Morgan fingerprint density at radius 3 is 2.88 bits per heavy atom. The second-order valence-corrected chi connectivity index (χ2v) is 4.64. The molecule has 0 bridgehead atoms. The molecule has 16 heavy (non-hydrogen) atoms. The minimum atomic E-state index is -0.317. The molecule has 84 valence electrons. The van der Waals surface area contributed by atoms with Gasteiger partial charge >= 0.3 is 0 Å². The Kier molecular flexibility index (Phi) is 3.41. The fourth-order valence-corrected chi connectivity index (χ4v) is 2.22. The number of halogens is 1. The van der Waals surface area contributed by atoms with E-state index in [1.807, 2.05) is 30.5 Å². The van der Waals surface area contributed by atoms with Crippen LogP contribution in [-0.2, 0) is 6.42 Å². The van der Waals surface area contributed by atoms with E-state index in [9.17, 15) is 5.11 Å². The molecule has 0 aliphatic heterocycles. The van der Waals surface area contributed by atoms with Crippen molar-refractivity contribution in [3.63, 3.8) is 0 Å². The maximum absolute atomic E-state index is 9.32. The third kappa shape index (κ3) is 2.51. The van der Waals surface area contributed by atoms with E-state index >= 15 is 0 Å². The largest absolute Gasteiger partial charge is 0.393 e. The average Bonchev–Trinajstić information content (AvgIpc) is 2.69. The number of aliphatic hydroxyl groups is 1. The lowest BCUT2D eigenvalue weighted by Gasteiger charge is -2.08. The lowest BCUT2D eigenvalue weighted by Crippen LogP contribution is -2.04. The first-order valence-electron chi connectivity index (χ1n) is 5.13. The van der Waals surface area contributed by atoms with Crippen molar-refractivity contribution in [2.75, 3.05) is 0 Å². The highest BCUT2D eigenvalue weighted by Crippen LogP contribution is 2.22. The predicted octanol–water partition coefficient (Wildman–Crippen LogP) is 2.56. The number of aromatic nitrogens is 2. The molecule has 1 aromatic carbocycles. The van der Waals surface area contributed by atoms with E-state index in [1.54, 1.807) is 17.8 Å². The topological polar surface area (TPSA) is 38.0 Å². The molecule has 0 fully saturated rings. The molecule has 3 nitrogen and oxygen atoms in total. The molecule has 1 heterocycles. The minimum Gasteiger partial charge on any atom is -0.393 e. The summed E-state index contributed by atoms with van der Waals surface area (Å²) in [6, 6.07) is 7.91. The van der Waals surface area contributed by atoms with Crippen molar-refractivity contribution in [2.24, 2.45) is 0 Å². The normalized spacial score (nSPS) is 12.7. The SMILES string of the molecule is CC(O)Cc1ccc(-n2cccn2)c(Br)c1. The van der Waals surface area contributed by atoms with E-state index in [4.69, 9.17) is 0 Å². The van der Waals surface area contributed by atoms with Crippen LogP contribution in [0.2, 0.25) is 0 Å². The number of hydrogen-bond acceptors (Lipinski definition) is 2. The zero-order valence-electron chi connectivity index (χ0n) is 8.97. The fraction of sp³-hybridized carbons (Fsp3) is 0.250. The summed E-state index contributed by atoms with van der Waals surface area (Å²) in [4.78, 5) is 0. The van der Waals surface area contributed by atoms with Gasteiger partial charge in [0.15, 0.2) is 0 Å². The van der Waals surface area contributed by atoms with Crippen molar-refractivity contribution >= 4 is 15.9 Å². The van der Waals surface area contributed by atoms with Gasteiger partial charge < -0.3 is 5.11 Å². The van der Waals surface area contributed by atoms with Crippen LogP contribution in [0.5, 0.6) is 0 Å². The van der Waals surface area contributed by atoms with E-state index in [1.165, 1.54) is 0 Å². The van der Waals surface area contributed by atoms with Gasteiger partial charge in [0.2, 0.25) is 0 Å². The van der Waals surface area contributed by atoms with Crippen LogP contribution in [-0.4, -0.2) is 21.0 Å². The Labute approximate surface area is 103 Å². The Balaban J connectivity index is 2.30. The zero-order chi connectivity index (χ0) is 11.5. The van der Waals surface area contributed by atoms with Gasteiger partial charge in [-0.25, -0.2) is 4.68 Å². The molecule has 2 rings (SSSR count). The quantitative estimate of drug-likeness (QED) is 0.939. The van der Waals surface area contributed by atoms with Crippen molar-refractivity contribution < 1.29 is 5.11 Å². The van der Waals surface area contributed by atoms with Crippen molar-refractivity contribution in [2.45, 2.75) is 19.4 Å². The molecule has 0 saturated carbocycles. The molecule has 0 amide bonds. The van der Waals surface area contributed by atoms with Crippen LogP contribution in [0.4, 0.5) is 0 Å². The molecular formula is C12H13BrN2O. The molecule has 1 atom stereocenters. The number of hydrogen-bond donors (Lipinski definition) is 1. The van der Waals surface area contributed by atoms with Crippen molar-refractivity contribution in [3.05, 3.63) is 46.7 Å². The smallest absolute Gasteiger partial charge is 0.0787 e. The van der Waals surface area contributed by atoms with Gasteiger partial charge in [-0.3, -0.25) is 0 Å². The van der Waals surface area contributed by atoms with Crippen LogP contribution in [0, 0.1) is 0 Å². The first kappa shape index (κ1) is 11.4. The van der Waals surface area contributed by atoms with Crippen LogP contribution in [0.1, 0.15) is 12.5 Å². The summed E-state index contributed by atoms with van der Waals surface area (Å²) in [5.41, 5.74) is 2.11. The molecule has 0 radical (unpaired) electrons. The third-order valence-electron chi connectivity index (χ3n) is 2.29. The number of nitrogens with zero attached hydrogens (tertiary/aromatic N) is 2. The van der Waals surface area contributed by atoms with E-state index in [-0.39, 0.29) is 6.10 Å². The van der Waals surface area contributed by atoms with Crippen LogP contribution < -0.4 is 0 Å². The van der Waals surface area contributed by atoms with E-state index in [0.29, 0.717) is 6.42 Å². The van der Waals surface area contributed by atoms with Crippen molar-refractivity contribution in [3.8, 4) is 5.69 Å². The highest BCUT2D eigenvalue weighted by atomic mass is 79.9. The molecular weight excluding hydrogens is 268 g/mol. The molecule has 1 aromatic heterocycles. The Morgan fingerprint density at radius 2 is 2.31 bits per heavy atom. The number of aliphatic hydroxyl groups excluding tert-OH is 1. The van der Waals surface area contributed by atoms with Gasteiger partial charge in [-0.1, -0.05) is 6.07 Å². The Bertz CT molecular complexity index is 466. The van der Waals surface area contributed by atoms with Crippen LogP contribution in [0.15, 0.2) is 41.1 Å². The highest BCUT2D eigenvalue weighted by molar-refractivity contribution is 9.10. The minimum absolute atomic E-state index is 0.317. The van der Waals surface area contributed by atoms with E-state index in [0.717, 1.165) is 15.7 Å². The van der Waals surface area contributed by atoms with Gasteiger partial charge in [0.1, 0.15) is 0 Å². The molecule has 1 N–H and O–H groups in total. The van der Waals surface area contributed by atoms with Crippen LogP contribution in [0.3, 0.4) is 0 Å². The van der Waals surface area contributed by atoms with Gasteiger partial charge in [0.05, 0.1) is 11.8 Å². The van der Waals surface area contributed by atoms with Crippen LogP contribution in [0.25, 0.3) is 5.69 Å². The fourth-order valence-electron chi connectivity index (χ4n) is 1.62. The number of rotatable bonds is 3. The summed E-state index contributed by atoms with van der Waals surface area (Å²) in [7, 11) is 0. The van der Waals surface area contributed by atoms with Gasteiger partial charge in [0, 0.05) is 16.9 Å². The molecule has 2 aromatic rings. The van der Waals surface area contributed by atoms with Crippen LogP contribution >= 0.6 is 15.9 Å². The molecule has 1 unspecified atom stereocenters. The molecule has 4 heteroatoms. The second-order valence-electron chi connectivity index (χ2n) is 3.79. The zero-order valence-corrected chi connectivity index (χ0v) is 10.6. The average molecular weight is 281 g/mol. The lowest BCUT2D eigenvalue weighted by atomic mass is 10.1. The number of benzene rings is 1. The second kappa shape index (κ2) is 4.80. The summed E-state index contributed by atoms with van der Waals surface area (Å²) >= 11 is 3.52. The van der Waals surface area contributed by atoms with Gasteiger partial charge in [-0.2, -0.15) is 5.10 Å². The van der Waals surface area contributed by atoms with E-state index in [2.05, 4.69) is 21.0 Å². The van der Waals surface area contributed by atoms with Gasteiger partial charge in [-0.05, 0) is 53.0 Å². The molecule has 0 saturated heterocycles. The summed E-state index contributed by atoms with van der Waals surface area (Å²) < 4.78 is 2.78. The molecule has 0 aliphatic carbocycles.